The molecule has 1 aliphatic heterocycles. The van der Waals surface area contributed by atoms with Crippen molar-refractivity contribution in [3.05, 3.63) is 35.6 Å². The fourth-order valence-electron chi connectivity index (χ4n) is 2.32. The van der Waals surface area contributed by atoms with Gasteiger partial charge in [0.05, 0.1) is 4.58 Å². The third-order valence-corrected chi connectivity index (χ3v) is 7.03. The topological polar surface area (TPSA) is 3.24 Å². The summed E-state index contributed by atoms with van der Waals surface area (Å²) < 4.78 is 13.8. The van der Waals surface area contributed by atoms with Gasteiger partial charge in [-0.25, -0.2) is 4.39 Å². The number of likely N-dealkylation sites (N-methyl/N-ethyl adjacent to an activating group) is 1. The molecule has 0 radical (unpaired) electrons. The second kappa shape index (κ2) is 7.71. The van der Waals surface area contributed by atoms with E-state index in [9.17, 15) is 4.39 Å². The number of thioether (sulfide) groups is 2. The van der Waals surface area contributed by atoms with Crippen LogP contribution in [0.4, 0.5) is 4.39 Å². The van der Waals surface area contributed by atoms with E-state index in [2.05, 4.69) is 49.3 Å². The second-order valence-electron chi connectivity index (χ2n) is 5.65. The number of halogens is 1. The molecule has 0 saturated carbocycles. The fraction of sp³-hybridized carbons (Fsp3) is 0.625. The average molecular weight is 314 g/mol. The van der Waals surface area contributed by atoms with Gasteiger partial charge in [-0.15, -0.1) is 23.5 Å². The van der Waals surface area contributed by atoms with Crippen molar-refractivity contribution >= 4 is 23.5 Å². The van der Waals surface area contributed by atoms with Crippen LogP contribution < -0.4 is 0 Å². The highest BCUT2D eigenvalue weighted by Crippen LogP contribution is 2.41. The van der Waals surface area contributed by atoms with Gasteiger partial charge in [0.15, 0.2) is 0 Å². The van der Waals surface area contributed by atoms with Crippen molar-refractivity contribution in [3.63, 3.8) is 0 Å². The van der Waals surface area contributed by atoms with Crippen LogP contribution in [0.5, 0.6) is 0 Å². The quantitative estimate of drug-likeness (QED) is 0.791. The van der Waals surface area contributed by atoms with E-state index < -0.39 is 0 Å². The van der Waals surface area contributed by atoms with Gasteiger partial charge in [-0.05, 0) is 56.5 Å². The Bertz CT molecular complexity index is 401. The van der Waals surface area contributed by atoms with E-state index >= 15 is 0 Å². The summed E-state index contributed by atoms with van der Waals surface area (Å²) in [5.74, 6) is 2.83. The summed E-state index contributed by atoms with van der Waals surface area (Å²) in [7, 11) is 2.18. The van der Waals surface area contributed by atoms with Gasteiger partial charge in [-0.1, -0.05) is 12.1 Å². The van der Waals surface area contributed by atoms with E-state index in [-0.39, 0.29) is 5.82 Å². The molecule has 1 unspecified atom stereocenters. The SMILES string of the molecule is CC(C)N(C)CC(c1ccc(F)cc1)C1SCCCS1. The van der Waals surface area contributed by atoms with Crippen LogP contribution in [0.15, 0.2) is 24.3 Å². The van der Waals surface area contributed by atoms with Crippen LogP contribution in [-0.2, 0) is 0 Å². The number of benzene rings is 1. The first kappa shape index (κ1) is 16.2. The summed E-state index contributed by atoms with van der Waals surface area (Å²) in [5, 5.41) is 0. The zero-order valence-electron chi connectivity index (χ0n) is 12.5. The van der Waals surface area contributed by atoms with Crippen molar-refractivity contribution in [2.24, 2.45) is 0 Å². The van der Waals surface area contributed by atoms with E-state index in [1.54, 1.807) is 12.1 Å². The summed E-state index contributed by atoms with van der Waals surface area (Å²) in [4.78, 5) is 2.39. The normalized spacial score (nSPS) is 18.7. The first-order valence-electron chi connectivity index (χ1n) is 7.27. The highest BCUT2D eigenvalue weighted by atomic mass is 32.2. The predicted molar refractivity (Wildman–Crippen MR) is 90.2 cm³/mol. The van der Waals surface area contributed by atoms with Crippen molar-refractivity contribution in [2.45, 2.75) is 36.8 Å². The van der Waals surface area contributed by atoms with Crippen molar-refractivity contribution in [3.8, 4) is 0 Å². The van der Waals surface area contributed by atoms with Crippen LogP contribution in [-0.4, -0.2) is 40.6 Å². The molecule has 1 heterocycles. The lowest BCUT2D eigenvalue weighted by atomic mass is 10.00. The van der Waals surface area contributed by atoms with Crippen LogP contribution in [0, 0.1) is 5.82 Å². The molecule has 1 aliphatic rings. The molecule has 0 amide bonds. The molecule has 0 aliphatic carbocycles. The molecule has 1 atom stereocenters. The van der Waals surface area contributed by atoms with Gasteiger partial charge in [-0.3, -0.25) is 0 Å². The van der Waals surface area contributed by atoms with Crippen LogP contribution >= 0.6 is 23.5 Å². The molecule has 1 nitrogen and oxygen atoms in total. The average Bonchev–Trinajstić information content (AvgIpc) is 2.46. The number of rotatable bonds is 5. The Hall–Kier alpha value is -0.190. The standard InChI is InChI=1S/C16H24FNS2/c1-12(2)18(3)11-15(16-19-9-4-10-20-16)13-5-7-14(17)8-6-13/h5-8,12,15-16H,4,9-11H2,1-3H3. The smallest absolute Gasteiger partial charge is 0.123 e. The van der Waals surface area contributed by atoms with Crippen molar-refractivity contribution in [1.82, 2.24) is 4.90 Å². The maximum absolute atomic E-state index is 13.2. The molecular formula is C16H24FNS2. The highest BCUT2D eigenvalue weighted by Gasteiger charge is 2.27. The second-order valence-corrected chi connectivity index (χ2v) is 8.45. The van der Waals surface area contributed by atoms with Crippen molar-refractivity contribution in [2.75, 3.05) is 25.1 Å². The van der Waals surface area contributed by atoms with Crippen LogP contribution in [0.2, 0.25) is 0 Å². The minimum atomic E-state index is -0.145. The molecule has 1 aromatic rings. The lowest BCUT2D eigenvalue weighted by Crippen LogP contribution is -2.34. The first-order chi connectivity index (χ1) is 9.58. The Morgan fingerprint density at radius 2 is 1.80 bits per heavy atom. The maximum Gasteiger partial charge on any atom is 0.123 e. The highest BCUT2D eigenvalue weighted by molar-refractivity contribution is 8.17. The third kappa shape index (κ3) is 4.40. The summed E-state index contributed by atoms with van der Waals surface area (Å²) in [6.45, 7) is 5.49. The number of hydrogen-bond acceptors (Lipinski definition) is 3. The Labute approximate surface area is 130 Å². The Morgan fingerprint density at radius 3 is 2.35 bits per heavy atom. The summed E-state index contributed by atoms with van der Waals surface area (Å²) >= 11 is 4.13. The zero-order valence-corrected chi connectivity index (χ0v) is 14.1. The maximum atomic E-state index is 13.2. The van der Waals surface area contributed by atoms with Gasteiger partial charge in [0.1, 0.15) is 5.82 Å². The first-order valence-corrected chi connectivity index (χ1v) is 9.36. The summed E-state index contributed by atoms with van der Waals surface area (Å²) in [6.07, 6.45) is 1.31. The van der Waals surface area contributed by atoms with E-state index in [0.717, 1.165) is 6.54 Å². The number of hydrogen-bond donors (Lipinski definition) is 0. The largest absolute Gasteiger partial charge is 0.303 e. The van der Waals surface area contributed by atoms with Gasteiger partial charge < -0.3 is 4.90 Å². The molecule has 0 spiro atoms. The van der Waals surface area contributed by atoms with Crippen LogP contribution in [0.3, 0.4) is 0 Å². The van der Waals surface area contributed by atoms with Crippen LogP contribution in [0.1, 0.15) is 31.7 Å². The lowest BCUT2D eigenvalue weighted by Gasteiger charge is -2.34. The van der Waals surface area contributed by atoms with E-state index in [0.29, 0.717) is 16.5 Å². The predicted octanol–water partition coefficient (Wildman–Crippen LogP) is 4.45. The molecule has 1 saturated heterocycles. The Morgan fingerprint density at radius 1 is 1.20 bits per heavy atom. The Balaban J connectivity index is 2.16. The molecule has 0 N–H and O–H groups in total. The monoisotopic (exact) mass is 313 g/mol. The molecule has 0 bridgehead atoms. The van der Waals surface area contributed by atoms with Gasteiger partial charge in [-0.2, -0.15) is 0 Å². The van der Waals surface area contributed by atoms with Gasteiger partial charge in [0, 0.05) is 18.5 Å². The third-order valence-electron chi connectivity index (χ3n) is 3.85. The molecule has 4 heteroatoms. The zero-order chi connectivity index (χ0) is 14.5. The summed E-state index contributed by atoms with van der Waals surface area (Å²) in [6, 6.07) is 7.65. The molecular weight excluding hydrogens is 289 g/mol. The number of nitrogens with zero attached hydrogens (tertiary/aromatic N) is 1. The molecule has 1 aromatic carbocycles. The van der Waals surface area contributed by atoms with Gasteiger partial charge in [0.25, 0.3) is 0 Å². The fourth-order valence-corrected chi connectivity index (χ4v) is 5.50. The molecule has 0 aromatic heterocycles. The van der Waals surface area contributed by atoms with E-state index in [4.69, 9.17) is 0 Å². The molecule has 1 fully saturated rings. The van der Waals surface area contributed by atoms with E-state index in [1.807, 2.05) is 12.1 Å². The van der Waals surface area contributed by atoms with Crippen molar-refractivity contribution in [1.29, 1.82) is 0 Å². The lowest BCUT2D eigenvalue weighted by molar-refractivity contribution is 0.260. The van der Waals surface area contributed by atoms with Gasteiger partial charge in [0.2, 0.25) is 0 Å². The van der Waals surface area contributed by atoms with E-state index in [1.165, 1.54) is 23.5 Å². The molecule has 2 rings (SSSR count). The molecule has 20 heavy (non-hydrogen) atoms. The van der Waals surface area contributed by atoms with Crippen molar-refractivity contribution < 1.29 is 4.39 Å². The van der Waals surface area contributed by atoms with Gasteiger partial charge >= 0.3 is 0 Å². The summed E-state index contributed by atoms with van der Waals surface area (Å²) in [5.41, 5.74) is 1.27. The minimum Gasteiger partial charge on any atom is -0.303 e. The molecule has 112 valence electrons. The Kier molecular flexibility index (Phi) is 6.24. The minimum absolute atomic E-state index is 0.145. The van der Waals surface area contributed by atoms with Crippen LogP contribution in [0.25, 0.3) is 0 Å².